The van der Waals surface area contributed by atoms with Crippen molar-refractivity contribution in [2.24, 2.45) is 0 Å². The quantitative estimate of drug-likeness (QED) is 0.323. The van der Waals surface area contributed by atoms with E-state index in [1.165, 1.54) is 18.2 Å². The van der Waals surface area contributed by atoms with E-state index in [1.807, 2.05) is 6.92 Å². The van der Waals surface area contributed by atoms with Gasteiger partial charge >= 0.3 is 5.97 Å². The lowest BCUT2D eigenvalue weighted by Gasteiger charge is -2.13. The second kappa shape index (κ2) is 12.7. The summed E-state index contributed by atoms with van der Waals surface area (Å²) >= 11 is 13.1. The predicted molar refractivity (Wildman–Crippen MR) is 138 cm³/mol. The van der Waals surface area contributed by atoms with Crippen LogP contribution in [0.1, 0.15) is 19.4 Å². The SMILES string of the molecule is CCOC(=O)COc1c(Cl)cc(/C=C2/SC(=O)N(CC(=O)Nc3ccc(OCC)cc3)C2=O)cc1Cl. The number of carbonyl (C=O) groups is 4. The molecule has 0 aromatic heterocycles. The van der Waals surface area contributed by atoms with Gasteiger partial charge in [0.15, 0.2) is 12.4 Å². The Balaban J connectivity index is 1.65. The van der Waals surface area contributed by atoms with Crippen LogP contribution < -0.4 is 14.8 Å². The van der Waals surface area contributed by atoms with Crippen LogP contribution in [0.2, 0.25) is 10.0 Å². The van der Waals surface area contributed by atoms with Crippen molar-refractivity contribution in [1.29, 1.82) is 0 Å². The molecule has 0 bridgehead atoms. The summed E-state index contributed by atoms with van der Waals surface area (Å²) in [5.41, 5.74) is 0.929. The van der Waals surface area contributed by atoms with E-state index in [-0.39, 0.29) is 33.9 Å². The highest BCUT2D eigenvalue weighted by molar-refractivity contribution is 8.18. The number of hydrogen-bond donors (Lipinski definition) is 1. The number of anilines is 1. The van der Waals surface area contributed by atoms with Crippen molar-refractivity contribution in [3.63, 3.8) is 0 Å². The largest absolute Gasteiger partial charge is 0.494 e. The molecule has 0 atom stereocenters. The van der Waals surface area contributed by atoms with Crippen LogP contribution in [-0.4, -0.2) is 54.3 Å². The van der Waals surface area contributed by atoms with Crippen molar-refractivity contribution in [3.05, 3.63) is 56.9 Å². The highest BCUT2D eigenvalue weighted by Crippen LogP contribution is 2.37. The zero-order valence-corrected chi connectivity index (χ0v) is 21.7. The minimum atomic E-state index is -0.623. The van der Waals surface area contributed by atoms with Crippen LogP contribution in [0.15, 0.2) is 41.3 Å². The Morgan fingerprint density at radius 3 is 2.31 bits per heavy atom. The summed E-state index contributed by atoms with van der Waals surface area (Å²) in [6.07, 6.45) is 1.43. The molecular formula is C24H22Cl2N2O7S. The molecule has 12 heteroatoms. The molecule has 0 saturated carbocycles. The van der Waals surface area contributed by atoms with E-state index in [0.717, 1.165) is 4.90 Å². The van der Waals surface area contributed by atoms with Gasteiger partial charge in [-0.3, -0.25) is 19.3 Å². The van der Waals surface area contributed by atoms with Crippen LogP contribution in [-0.2, 0) is 19.1 Å². The minimum absolute atomic E-state index is 0.0857. The van der Waals surface area contributed by atoms with Gasteiger partial charge in [0.1, 0.15) is 12.3 Å². The normalized spacial score (nSPS) is 14.2. The Bertz CT molecular complexity index is 1180. The van der Waals surface area contributed by atoms with E-state index in [1.54, 1.807) is 31.2 Å². The van der Waals surface area contributed by atoms with E-state index >= 15 is 0 Å². The third-order valence-corrected chi connectivity index (χ3v) is 6.05. The average molecular weight is 553 g/mol. The van der Waals surface area contributed by atoms with Crippen molar-refractivity contribution in [2.45, 2.75) is 13.8 Å². The molecule has 1 saturated heterocycles. The summed E-state index contributed by atoms with van der Waals surface area (Å²) in [6.45, 7) is 3.44. The molecule has 3 amide bonds. The average Bonchev–Trinajstić information content (AvgIpc) is 3.07. The van der Waals surface area contributed by atoms with Crippen LogP contribution in [0, 0.1) is 0 Å². The molecule has 190 valence electrons. The Hall–Kier alpha value is -3.21. The maximum absolute atomic E-state index is 12.8. The van der Waals surface area contributed by atoms with Crippen molar-refractivity contribution in [3.8, 4) is 11.5 Å². The number of ether oxygens (including phenoxy) is 3. The van der Waals surface area contributed by atoms with Crippen molar-refractivity contribution < 1.29 is 33.4 Å². The summed E-state index contributed by atoms with van der Waals surface area (Å²) in [5.74, 6) is -0.986. The fourth-order valence-electron chi connectivity index (χ4n) is 3.07. The second-order valence-electron chi connectivity index (χ2n) is 7.18. The molecule has 9 nitrogen and oxygen atoms in total. The lowest BCUT2D eigenvalue weighted by atomic mass is 10.2. The van der Waals surface area contributed by atoms with Gasteiger partial charge in [-0.2, -0.15) is 0 Å². The van der Waals surface area contributed by atoms with Crippen LogP contribution in [0.3, 0.4) is 0 Å². The Morgan fingerprint density at radius 1 is 1.03 bits per heavy atom. The highest BCUT2D eigenvalue weighted by Gasteiger charge is 2.36. The zero-order chi connectivity index (χ0) is 26.2. The number of esters is 1. The number of hydrogen-bond acceptors (Lipinski definition) is 8. The number of carbonyl (C=O) groups excluding carboxylic acids is 4. The van der Waals surface area contributed by atoms with Gasteiger partial charge in [0.05, 0.1) is 28.2 Å². The highest BCUT2D eigenvalue weighted by atomic mass is 35.5. The summed E-state index contributed by atoms with van der Waals surface area (Å²) in [7, 11) is 0. The van der Waals surface area contributed by atoms with E-state index in [2.05, 4.69) is 5.32 Å². The van der Waals surface area contributed by atoms with Gasteiger partial charge < -0.3 is 19.5 Å². The smallest absolute Gasteiger partial charge is 0.344 e. The molecule has 1 aliphatic rings. The molecule has 2 aromatic carbocycles. The van der Waals surface area contributed by atoms with Gasteiger partial charge in [-0.15, -0.1) is 0 Å². The Morgan fingerprint density at radius 2 is 1.69 bits per heavy atom. The first-order valence-corrected chi connectivity index (χ1v) is 12.3. The fraction of sp³-hybridized carbons (Fsp3) is 0.250. The molecular weight excluding hydrogens is 531 g/mol. The molecule has 0 spiro atoms. The molecule has 1 N–H and O–H groups in total. The number of nitrogens with one attached hydrogen (secondary N) is 1. The first kappa shape index (κ1) is 27.4. The van der Waals surface area contributed by atoms with Gasteiger partial charge in [0, 0.05) is 5.69 Å². The number of rotatable bonds is 10. The van der Waals surface area contributed by atoms with Gasteiger partial charge in [0.2, 0.25) is 5.91 Å². The monoisotopic (exact) mass is 552 g/mol. The molecule has 2 aromatic rings. The third-order valence-electron chi connectivity index (χ3n) is 4.58. The topological polar surface area (TPSA) is 111 Å². The van der Waals surface area contributed by atoms with Crippen LogP contribution in [0.4, 0.5) is 10.5 Å². The first-order valence-electron chi connectivity index (χ1n) is 10.8. The van der Waals surface area contributed by atoms with Gasteiger partial charge in [-0.05, 0) is 73.6 Å². The Labute approximate surface area is 221 Å². The molecule has 0 unspecified atom stereocenters. The van der Waals surface area contributed by atoms with Crippen LogP contribution >= 0.6 is 35.0 Å². The van der Waals surface area contributed by atoms with Crippen molar-refractivity contribution in [1.82, 2.24) is 4.90 Å². The number of nitrogens with zero attached hydrogens (tertiary/aromatic N) is 1. The van der Waals surface area contributed by atoms with E-state index in [0.29, 0.717) is 35.4 Å². The van der Waals surface area contributed by atoms with Crippen molar-refractivity contribution in [2.75, 3.05) is 31.7 Å². The zero-order valence-electron chi connectivity index (χ0n) is 19.3. The number of thioether (sulfide) groups is 1. The number of benzene rings is 2. The maximum atomic E-state index is 12.8. The molecule has 3 rings (SSSR count). The molecule has 1 fully saturated rings. The maximum Gasteiger partial charge on any atom is 0.344 e. The predicted octanol–water partition coefficient (Wildman–Crippen LogP) is 5.01. The summed E-state index contributed by atoms with van der Waals surface area (Å²) in [5, 5.41) is 2.27. The standard InChI is InChI=1S/C24H22Cl2N2O7S/c1-3-33-16-7-5-15(6-8-16)27-20(29)12-28-23(31)19(36-24(28)32)11-14-9-17(25)22(18(26)10-14)35-13-21(30)34-4-2/h5-11H,3-4,12-13H2,1-2H3,(H,27,29)/b19-11+. The van der Waals surface area contributed by atoms with E-state index in [4.69, 9.17) is 37.4 Å². The third kappa shape index (κ3) is 7.16. The molecule has 36 heavy (non-hydrogen) atoms. The van der Waals surface area contributed by atoms with Gasteiger partial charge in [-0.25, -0.2) is 4.79 Å². The molecule has 0 radical (unpaired) electrons. The summed E-state index contributed by atoms with van der Waals surface area (Å²) in [6, 6.07) is 9.66. The number of halogens is 2. The molecule has 1 heterocycles. The van der Waals surface area contributed by atoms with Gasteiger partial charge in [-0.1, -0.05) is 23.2 Å². The lowest BCUT2D eigenvalue weighted by Crippen LogP contribution is -2.36. The van der Waals surface area contributed by atoms with Crippen molar-refractivity contribution >= 4 is 69.8 Å². The van der Waals surface area contributed by atoms with E-state index < -0.39 is 29.6 Å². The lowest BCUT2D eigenvalue weighted by molar-refractivity contribution is -0.145. The summed E-state index contributed by atoms with van der Waals surface area (Å²) in [4.78, 5) is 50.0. The fourth-order valence-corrected chi connectivity index (χ4v) is 4.52. The number of imide groups is 1. The summed E-state index contributed by atoms with van der Waals surface area (Å²) < 4.78 is 15.5. The van der Waals surface area contributed by atoms with Gasteiger partial charge in [0.25, 0.3) is 11.1 Å². The molecule has 1 aliphatic heterocycles. The van der Waals surface area contributed by atoms with E-state index in [9.17, 15) is 19.2 Å². The molecule has 0 aliphatic carbocycles. The minimum Gasteiger partial charge on any atom is -0.494 e. The Kier molecular flexibility index (Phi) is 9.63. The first-order chi connectivity index (χ1) is 17.2. The number of amides is 3. The van der Waals surface area contributed by atoms with Crippen LogP contribution in [0.25, 0.3) is 6.08 Å². The second-order valence-corrected chi connectivity index (χ2v) is 8.99. The van der Waals surface area contributed by atoms with Crippen LogP contribution in [0.5, 0.6) is 11.5 Å².